The molecule has 0 saturated carbocycles. The molecule has 7 nitrogen and oxygen atoms in total. The standard InChI is InChI=1S/C13H19ClN2O5S/c1-8(16(2)3)15-21-7-10-11(22(4,19)20)6-5-9(12(10)14)13(17)18/h5-6,8,15H,7H2,1-4H3,(H,17,18). The fourth-order valence-corrected chi connectivity index (χ4v) is 2.87. The van der Waals surface area contributed by atoms with Crippen molar-refractivity contribution in [2.75, 3.05) is 20.4 Å². The molecule has 0 radical (unpaired) electrons. The summed E-state index contributed by atoms with van der Waals surface area (Å²) < 4.78 is 23.6. The number of sulfone groups is 1. The van der Waals surface area contributed by atoms with Crippen LogP contribution in [0.2, 0.25) is 5.02 Å². The van der Waals surface area contributed by atoms with Gasteiger partial charge in [-0.25, -0.2) is 13.2 Å². The van der Waals surface area contributed by atoms with Gasteiger partial charge >= 0.3 is 5.97 Å². The summed E-state index contributed by atoms with van der Waals surface area (Å²) in [4.78, 5) is 18.2. The Kier molecular flexibility index (Phi) is 6.33. The number of hydrogen-bond acceptors (Lipinski definition) is 6. The fraction of sp³-hybridized carbons (Fsp3) is 0.462. The summed E-state index contributed by atoms with van der Waals surface area (Å²) >= 11 is 6.03. The van der Waals surface area contributed by atoms with Gasteiger partial charge in [0.05, 0.1) is 28.3 Å². The largest absolute Gasteiger partial charge is 0.478 e. The summed E-state index contributed by atoms with van der Waals surface area (Å²) in [6.45, 7) is 1.66. The first-order valence-electron chi connectivity index (χ1n) is 6.34. The maximum Gasteiger partial charge on any atom is 0.337 e. The minimum Gasteiger partial charge on any atom is -0.478 e. The van der Waals surface area contributed by atoms with E-state index in [0.717, 1.165) is 6.26 Å². The first-order chi connectivity index (χ1) is 10.1. The lowest BCUT2D eigenvalue weighted by atomic mass is 10.1. The van der Waals surface area contributed by atoms with Crippen molar-refractivity contribution >= 4 is 27.4 Å². The Bertz CT molecular complexity index is 661. The lowest BCUT2D eigenvalue weighted by molar-refractivity contribution is -0.0260. The molecule has 0 heterocycles. The molecule has 0 bridgehead atoms. The van der Waals surface area contributed by atoms with Crippen LogP contribution in [0.15, 0.2) is 17.0 Å². The Hall–Kier alpha value is -1.19. The molecule has 2 N–H and O–H groups in total. The number of hydrogen-bond donors (Lipinski definition) is 2. The Morgan fingerprint density at radius 1 is 1.45 bits per heavy atom. The average molecular weight is 351 g/mol. The van der Waals surface area contributed by atoms with Crippen LogP contribution in [0, 0.1) is 0 Å². The molecule has 1 atom stereocenters. The SMILES string of the molecule is CC(NOCc1c(S(C)(=O)=O)ccc(C(=O)O)c1Cl)N(C)C. The van der Waals surface area contributed by atoms with Crippen molar-refractivity contribution in [3.8, 4) is 0 Å². The highest BCUT2D eigenvalue weighted by Gasteiger charge is 2.21. The summed E-state index contributed by atoms with van der Waals surface area (Å²) in [6.07, 6.45) is 0.904. The molecule has 0 aliphatic rings. The van der Waals surface area contributed by atoms with Crippen molar-refractivity contribution in [1.82, 2.24) is 10.4 Å². The highest BCUT2D eigenvalue weighted by Crippen LogP contribution is 2.28. The lowest BCUT2D eigenvalue weighted by Crippen LogP contribution is -2.38. The molecule has 0 saturated heterocycles. The molecule has 0 amide bonds. The Balaban J connectivity index is 3.14. The normalized spacial score (nSPS) is 13.4. The van der Waals surface area contributed by atoms with Crippen molar-refractivity contribution in [2.45, 2.75) is 24.6 Å². The third kappa shape index (κ3) is 4.65. The van der Waals surface area contributed by atoms with Crippen LogP contribution in [0.5, 0.6) is 0 Å². The third-order valence-corrected chi connectivity index (χ3v) is 4.69. The van der Waals surface area contributed by atoms with Gasteiger partial charge < -0.3 is 5.11 Å². The van der Waals surface area contributed by atoms with E-state index in [4.69, 9.17) is 21.5 Å². The summed E-state index contributed by atoms with van der Waals surface area (Å²) in [7, 11) is 0.108. The van der Waals surface area contributed by atoms with Gasteiger partial charge in [0.25, 0.3) is 0 Å². The number of aromatic carboxylic acids is 1. The van der Waals surface area contributed by atoms with Crippen LogP contribution in [0.4, 0.5) is 0 Å². The molecule has 0 aromatic heterocycles. The van der Waals surface area contributed by atoms with E-state index in [1.807, 2.05) is 25.9 Å². The maximum absolute atomic E-state index is 11.8. The van der Waals surface area contributed by atoms with E-state index in [-0.39, 0.29) is 33.8 Å². The molecule has 124 valence electrons. The van der Waals surface area contributed by atoms with Crippen LogP contribution in [-0.4, -0.2) is 50.9 Å². The maximum atomic E-state index is 11.8. The number of hydroxylamine groups is 1. The van der Waals surface area contributed by atoms with Crippen LogP contribution >= 0.6 is 11.6 Å². The van der Waals surface area contributed by atoms with Crippen molar-refractivity contribution in [3.05, 3.63) is 28.3 Å². The zero-order valence-corrected chi connectivity index (χ0v) is 14.3. The number of nitrogens with one attached hydrogen (secondary N) is 1. The number of carboxylic acids is 1. The number of benzene rings is 1. The van der Waals surface area contributed by atoms with E-state index in [0.29, 0.717) is 0 Å². The van der Waals surface area contributed by atoms with Gasteiger partial charge in [0.1, 0.15) is 0 Å². The van der Waals surface area contributed by atoms with Crippen molar-refractivity contribution in [2.24, 2.45) is 0 Å². The summed E-state index contributed by atoms with van der Waals surface area (Å²) in [5.41, 5.74) is 2.65. The van der Waals surface area contributed by atoms with Crippen molar-refractivity contribution in [1.29, 1.82) is 0 Å². The topological polar surface area (TPSA) is 95.9 Å². The highest BCUT2D eigenvalue weighted by molar-refractivity contribution is 7.90. The first-order valence-corrected chi connectivity index (χ1v) is 8.61. The Morgan fingerprint density at radius 3 is 2.50 bits per heavy atom. The van der Waals surface area contributed by atoms with Crippen molar-refractivity contribution < 1.29 is 23.2 Å². The monoisotopic (exact) mass is 350 g/mol. The quantitative estimate of drug-likeness (QED) is 0.566. The second-order valence-electron chi connectivity index (χ2n) is 5.03. The highest BCUT2D eigenvalue weighted by atomic mass is 35.5. The molecule has 0 fully saturated rings. The van der Waals surface area contributed by atoms with Crippen molar-refractivity contribution in [3.63, 3.8) is 0 Å². The number of nitrogens with zero attached hydrogens (tertiary/aromatic N) is 1. The molecule has 22 heavy (non-hydrogen) atoms. The summed E-state index contributed by atoms with van der Waals surface area (Å²) in [5, 5.41) is 8.93. The van der Waals surface area contributed by atoms with Gasteiger partial charge in [-0.15, -0.1) is 0 Å². The van der Waals surface area contributed by atoms with Crippen LogP contribution in [0.25, 0.3) is 0 Å². The van der Waals surface area contributed by atoms with E-state index in [9.17, 15) is 13.2 Å². The Labute approximate surface area is 134 Å². The van der Waals surface area contributed by atoms with Gasteiger partial charge in [0.2, 0.25) is 0 Å². The number of rotatable bonds is 7. The van der Waals surface area contributed by atoms with Gasteiger partial charge in [-0.2, -0.15) is 5.48 Å². The zero-order valence-electron chi connectivity index (χ0n) is 12.8. The van der Waals surface area contributed by atoms with Gasteiger partial charge in [-0.05, 0) is 33.2 Å². The fourth-order valence-electron chi connectivity index (χ4n) is 1.59. The van der Waals surface area contributed by atoms with E-state index in [1.165, 1.54) is 12.1 Å². The summed E-state index contributed by atoms with van der Waals surface area (Å²) in [5.74, 6) is -1.24. The van der Waals surface area contributed by atoms with Gasteiger partial charge in [-0.3, -0.25) is 9.74 Å². The number of halogens is 1. The summed E-state index contributed by atoms with van der Waals surface area (Å²) in [6, 6.07) is 2.39. The second kappa shape index (κ2) is 7.38. The molecule has 1 aromatic rings. The average Bonchev–Trinajstić information content (AvgIpc) is 2.38. The molecular weight excluding hydrogens is 332 g/mol. The van der Waals surface area contributed by atoms with Crippen LogP contribution in [0.1, 0.15) is 22.8 Å². The molecular formula is C13H19ClN2O5S. The molecule has 1 rings (SSSR count). The minimum atomic E-state index is -3.56. The molecule has 9 heteroatoms. The number of carboxylic acid groups (broad SMARTS) is 1. The Morgan fingerprint density at radius 2 is 2.05 bits per heavy atom. The van der Waals surface area contributed by atoms with E-state index < -0.39 is 15.8 Å². The molecule has 0 aliphatic heterocycles. The van der Waals surface area contributed by atoms with Gasteiger partial charge in [0.15, 0.2) is 9.84 Å². The molecule has 0 spiro atoms. The third-order valence-electron chi connectivity index (χ3n) is 3.08. The van der Waals surface area contributed by atoms with Gasteiger partial charge in [-0.1, -0.05) is 11.6 Å². The predicted molar refractivity (Wildman–Crippen MR) is 82.6 cm³/mol. The lowest BCUT2D eigenvalue weighted by Gasteiger charge is -2.21. The molecule has 1 unspecified atom stereocenters. The van der Waals surface area contributed by atoms with Crippen LogP contribution in [0.3, 0.4) is 0 Å². The van der Waals surface area contributed by atoms with E-state index in [1.54, 1.807) is 0 Å². The first kappa shape index (κ1) is 18.9. The minimum absolute atomic E-state index is 0.0539. The van der Waals surface area contributed by atoms with Crippen LogP contribution < -0.4 is 5.48 Å². The van der Waals surface area contributed by atoms with Crippen LogP contribution in [-0.2, 0) is 21.3 Å². The predicted octanol–water partition coefficient (Wildman–Crippen LogP) is 1.37. The zero-order chi connectivity index (χ0) is 17.1. The van der Waals surface area contributed by atoms with E-state index in [2.05, 4.69) is 5.48 Å². The number of carbonyl (C=O) groups is 1. The van der Waals surface area contributed by atoms with E-state index >= 15 is 0 Å². The molecule has 1 aromatic carbocycles. The van der Waals surface area contributed by atoms with Gasteiger partial charge in [0, 0.05) is 11.8 Å². The second-order valence-corrected chi connectivity index (χ2v) is 7.39. The molecule has 0 aliphatic carbocycles. The smallest absolute Gasteiger partial charge is 0.337 e.